The van der Waals surface area contributed by atoms with Crippen LogP contribution in [-0.4, -0.2) is 18.0 Å². The van der Waals surface area contributed by atoms with E-state index in [2.05, 4.69) is 10.3 Å². The van der Waals surface area contributed by atoms with Crippen molar-refractivity contribution in [2.75, 3.05) is 12.4 Å². The summed E-state index contributed by atoms with van der Waals surface area (Å²) in [6, 6.07) is 31.5. The molecule has 1 heterocycles. The maximum Gasteiger partial charge on any atom is 0.256 e. The summed E-state index contributed by atoms with van der Waals surface area (Å²) in [6.45, 7) is 0. The predicted molar refractivity (Wildman–Crippen MR) is 135 cm³/mol. The Morgan fingerprint density at radius 2 is 1.51 bits per heavy atom. The van der Waals surface area contributed by atoms with Crippen LogP contribution in [0.2, 0.25) is 0 Å². The Labute approximate surface area is 202 Å². The van der Waals surface area contributed by atoms with Crippen molar-refractivity contribution in [1.29, 1.82) is 0 Å². The Kier molecular flexibility index (Phi) is 6.26. The van der Waals surface area contributed by atoms with Gasteiger partial charge in [0.2, 0.25) is 5.89 Å². The van der Waals surface area contributed by atoms with Crippen LogP contribution >= 0.6 is 0 Å². The fourth-order valence-electron chi connectivity index (χ4n) is 3.61. The monoisotopic (exact) mass is 462 g/mol. The van der Waals surface area contributed by atoms with E-state index in [1.807, 2.05) is 78.9 Å². The van der Waals surface area contributed by atoms with Gasteiger partial charge in [0.05, 0.1) is 18.9 Å². The summed E-state index contributed by atoms with van der Waals surface area (Å²) in [7, 11) is 1.61. The number of amides is 1. The van der Waals surface area contributed by atoms with E-state index in [-0.39, 0.29) is 5.91 Å². The zero-order chi connectivity index (χ0) is 24.0. The number of methoxy groups -OCH3 is 1. The summed E-state index contributed by atoms with van der Waals surface area (Å²) in [5, 5.41) is 2.93. The molecule has 5 aromatic rings. The summed E-state index contributed by atoms with van der Waals surface area (Å²) < 4.78 is 17.1. The number of ether oxygens (including phenoxy) is 2. The van der Waals surface area contributed by atoms with Gasteiger partial charge in [-0.15, -0.1) is 0 Å². The molecule has 0 aliphatic carbocycles. The minimum atomic E-state index is -0.265. The van der Waals surface area contributed by atoms with Crippen molar-refractivity contribution in [3.8, 4) is 40.0 Å². The van der Waals surface area contributed by atoms with Gasteiger partial charge in [-0.2, -0.15) is 0 Å². The molecule has 0 fully saturated rings. The summed E-state index contributed by atoms with van der Waals surface area (Å²) >= 11 is 0. The van der Waals surface area contributed by atoms with Crippen molar-refractivity contribution in [2.24, 2.45) is 0 Å². The molecule has 35 heavy (non-hydrogen) atoms. The molecule has 0 saturated carbocycles. The van der Waals surface area contributed by atoms with Crippen LogP contribution in [-0.2, 0) is 0 Å². The second kappa shape index (κ2) is 9.97. The van der Waals surface area contributed by atoms with E-state index in [0.29, 0.717) is 34.2 Å². The Bertz CT molecular complexity index is 1440. The third kappa shape index (κ3) is 5.07. The minimum Gasteiger partial charge on any atom is -0.497 e. The van der Waals surface area contributed by atoms with Gasteiger partial charge in [0.25, 0.3) is 5.91 Å². The normalized spacial score (nSPS) is 10.5. The third-order valence-electron chi connectivity index (χ3n) is 5.35. The van der Waals surface area contributed by atoms with Crippen molar-refractivity contribution in [2.45, 2.75) is 0 Å². The molecule has 6 nitrogen and oxygen atoms in total. The minimum absolute atomic E-state index is 0.265. The molecule has 0 atom stereocenters. The average molecular weight is 463 g/mol. The largest absolute Gasteiger partial charge is 0.497 e. The van der Waals surface area contributed by atoms with Crippen LogP contribution in [0, 0.1) is 0 Å². The molecule has 5 rings (SSSR count). The maximum atomic E-state index is 13.1. The van der Waals surface area contributed by atoms with Crippen molar-refractivity contribution >= 4 is 11.6 Å². The zero-order valence-electron chi connectivity index (χ0n) is 19.0. The quantitative estimate of drug-likeness (QED) is 0.280. The molecule has 0 aliphatic heterocycles. The number of carbonyl (C=O) groups excluding carboxylic acids is 1. The van der Waals surface area contributed by atoms with Crippen molar-refractivity contribution < 1.29 is 18.7 Å². The van der Waals surface area contributed by atoms with Gasteiger partial charge in [-0.05, 0) is 60.7 Å². The lowest BCUT2D eigenvalue weighted by Crippen LogP contribution is -2.13. The van der Waals surface area contributed by atoms with E-state index in [4.69, 9.17) is 13.9 Å². The number of benzene rings is 4. The molecule has 0 unspecified atom stereocenters. The average Bonchev–Trinajstić information content (AvgIpc) is 3.41. The van der Waals surface area contributed by atoms with Crippen LogP contribution in [0.3, 0.4) is 0 Å². The Morgan fingerprint density at radius 1 is 0.800 bits per heavy atom. The van der Waals surface area contributed by atoms with Crippen molar-refractivity contribution in [1.82, 2.24) is 4.98 Å². The van der Waals surface area contributed by atoms with Crippen LogP contribution in [0.1, 0.15) is 10.4 Å². The number of oxazole rings is 1. The summed E-state index contributed by atoms with van der Waals surface area (Å²) in [5.74, 6) is 2.83. The van der Waals surface area contributed by atoms with E-state index in [1.54, 1.807) is 37.6 Å². The fourth-order valence-corrected chi connectivity index (χ4v) is 3.61. The summed E-state index contributed by atoms with van der Waals surface area (Å²) in [5.41, 5.74) is 2.54. The molecule has 0 aliphatic rings. The molecule has 0 radical (unpaired) electrons. The van der Waals surface area contributed by atoms with E-state index in [9.17, 15) is 4.79 Å². The number of nitrogens with zero attached hydrogens (tertiary/aromatic N) is 1. The van der Waals surface area contributed by atoms with E-state index in [1.165, 1.54) is 0 Å². The van der Waals surface area contributed by atoms with Gasteiger partial charge in [0.1, 0.15) is 17.2 Å². The SMILES string of the molecule is COc1cccc(-c2cnc(-c3ccccc3C(=O)Nc3ccc(Oc4ccccc4)cc3)o2)c1. The number of nitrogens with one attached hydrogen (secondary N) is 1. The maximum absolute atomic E-state index is 13.1. The summed E-state index contributed by atoms with van der Waals surface area (Å²) in [4.78, 5) is 17.5. The van der Waals surface area contributed by atoms with Gasteiger partial charge in [0.15, 0.2) is 5.76 Å². The third-order valence-corrected chi connectivity index (χ3v) is 5.35. The van der Waals surface area contributed by atoms with E-state index >= 15 is 0 Å². The van der Waals surface area contributed by atoms with Crippen LogP contribution in [0.15, 0.2) is 114 Å². The Balaban J connectivity index is 1.34. The molecule has 4 aromatic carbocycles. The van der Waals surface area contributed by atoms with Crippen molar-refractivity contribution in [3.63, 3.8) is 0 Å². The molecule has 172 valence electrons. The number of rotatable bonds is 7. The molecular formula is C29H22N2O4. The predicted octanol–water partition coefficient (Wildman–Crippen LogP) is 7.06. The number of para-hydroxylation sites is 1. The lowest BCUT2D eigenvalue weighted by atomic mass is 10.1. The fraction of sp³-hybridized carbons (Fsp3) is 0.0345. The summed E-state index contributed by atoms with van der Waals surface area (Å²) in [6.07, 6.45) is 1.64. The highest BCUT2D eigenvalue weighted by molar-refractivity contribution is 6.08. The van der Waals surface area contributed by atoms with Gasteiger partial charge < -0.3 is 19.2 Å². The standard InChI is InChI=1S/C29H22N2O4/c1-33-24-11-7-8-20(18-24)27-19-30-29(35-27)26-13-6-5-12-25(26)28(32)31-21-14-16-23(17-15-21)34-22-9-3-2-4-10-22/h2-19H,1H3,(H,31,32). The highest BCUT2D eigenvalue weighted by Crippen LogP contribution is 2.30. The first-order valence-corrected chi connectivity index (χ1v) is 11.0. The number of hydrogen-bond acceptors (Lipinski definition) is 5. The number of anilines is 1. The van der Waals surface area contributed by atoms with Crippen LogP contribution < -0.4 is 14.8 Å². The second-order valence-corrected chi connectivity index (χ2v) is 7.70. The van der Waals surface area contributed by atoms with E-state index < -0.39 is 0 Å². The highest BCUT2D eigenvalue weighted by Gasteiger charge is 2.17. The number of hydrogen-bond donors (Lipinski definition) is 1. The van der Waals surface area contributed by atoms with Gasteiger partial charge in [-0.3, -0.25) is 4.79 Å². The van der Waals surface area contributed by atoms with Gasteiger partial charge in [-0.1, -0.05) is 42.5 Å². The zero-order valence-corrected chi connectivity index (χ0v) is 19.0. The molecule has 0 bridgehead atoms. The molecule has 0 saturated heterocycles. The topological polar surface area (TPSA) is 73.6 Å². The highest BCUT2D eigenvalue weighted by atomic mass is 16.5. The van der Waals surface area contributed by atoms with Gasteiger partial charge in [0, 0.05) is 16.8 Å². The Hall–Kier alpha value is -4.84. The Morgan fingerprint density at radius 3 is 2.31 bits per heavy atom. The molecule has 1 amide bonds. The van der Waals surface area contributed by atoms with Crippen molar-refractivity contribution in [3.05, 3.63) is 115 Å². The second-order valence-electron chi connectivity index (χ2n) is 7.70. The van der Waals surface area contributed by atoms with Gasteiger partial charge in [-0.25, -0.2) is 4.98 Å². The number of carbonyl (C=O) groups is 1. The van der Waals surface area contributed by atoms with Crippen LogP contribution in [0.25, 0.3) is 22.8 Å². The van der Waals surface area contributed by atoms with Gasteiger partial charge >= 0.3 is 0 Å². The van der Waals surface area contributed by atoms with Crippen LogP contribution in [0.4, 0.5) is 5.69 Å². The number of aromatic nitrogens is 1. The first kappa shape index (κ1) is 22.0. The molecule has 0 spiro atoms. The molecule has 6 heteroatoms. The lowest BCUT2D eigenvalue weighted by molar-refractivity contribution is 0.102. The first-order chi connectivity index (χ1) is 17.2. The molecule has 1 N–H and O–H groups in total. The molecule has 1 aromatic heterocycles. The van der Waals surface area contributed by atoms with E-state index in [0.717, 1.165) is 17.1 Å². The van der Waals surface area contributed by atoms with Crippen LogP contribution in [0.5, 0.6) is 17.2 Å². The first-order valence-electron chi connectivity index (χ1n) is 11.0. The smallest absolute Gasteiger partial charge is 0.256 e. The molecular weight excluding hydrogens is 440 g/mol. The lowest BCUT2D eigenvalue weighted by Gasteiger charge is -2.10.